The average molecular weight is 1780 g/mol. The van der Waals surface area contributed by atoms with Gasteiger partial charge >= 0.3 is 0 Å². The molecule has 134 heavy (non-hydrogen) atoms. The van der Waals surface area contributed by atoms with Crippen LogP contribution in [-0.2, 0) is 66.3 Å². The van der Waals surface area contributed by atoms with Crippen molar-refractivity contribution in [2.24, 2.45) is 37.9 Å². The summed E-state index contributed by atoms with van der Waals surface area (Å²) in [5.74, 6) is 0. The molecule has 2 aliphatic rings. The molecular weight excluding hydrogens is 1620 g/mol. The van der Waals surface area contributed by atoms with Crippen LogP contribution in [0.25, 0.3) is 99.5 Å². The van der Waals surface area contributed by atoms with E-state index in [1.54, 1.807) is 0 Å². The Morgan fingerprint density at radius 3 is 0.687 bits per heavy atom. The third-order valence-corrected chi connectivity index (χ3v) is 25.5. The van der Waals surface area contributed by atoms with Gasteiger partial charge in [-0.05, 0) is 313 Å². The van der Waals surface area contributed by atoms with Crippen molar-refractivity contribution in [3.05, 3.63) is 304 Å². The molecule has 0 saturated carbocycles. The van der Waals surface area contributed by atoms with E-state index in [-0.39, 0.29) is 0 Å². The summed E-state index contributed by atoms with van der Waals surface area (Å²) in [6, 6.07) is 84.3. The summed E-state index contributed by atoms with van der Waals surface area (Å²) < 4.78 is 150. The number of fused-ring (bicyclic) bond motifs is 10. The van der Waals surface area contributed by atoms with Crippen LogP contribution in [0.1, 0.15) is 309 Å². The molecule has 0 radical (unpaired) electrons. The molecule has 0 fully saturated rings. The zero-order valence-corrected chi connectivity index (χ0v) is 86.5. The summed E-state index contributed by atoms with van der Waals surface area (Å²) in [5.41, 5.74) is 16.3. The Morgan fingerprint density at radius 2 is 0.455 bits per heavy atom. The molecule has 2 aromatic heterocycles. The molecule has 0 unspecified atom stereocenters. The summed E-state index contributed by atoms with van der Waals surface area (Å²) in [7, 11) is 0. The van der Waals surface area contributed by atoms with Crippen molar-refractivity contribution < 1.29 is 19.2 Å². The monoisotopic (exact) mass is 1780 g/mol. The van der Waals surface area contributed by atoms with Gasteiger partial charge in [-0.2, -0.15) is 0 Å². The lowest BCUT2D eigenvalue weighted by Crippen LogP contribution is -2.61. The van der Waals surface area contributed by atoms with Crippen LogP contribution >= 0.6 is 0 Å². The van der Waals surface area contributed by atoms with Gasteiger partial charge in [0.05, 0.1) is 33.4 Å². The highest BCUT2D eigenvalue weighted by Crippen LogP contribution is 2.57. The first kappa shape index (κ1) is 78.3. The van der Waals surface area contributed by atoms with Crippen LogP contribution in [0.2, 0.25) is 0 Å². The van der Waals surface area contributed by atoms with Crippen LogP contribution in [0.15, 0.2) is 243 Å². The fourth-order valence-electron chi connectivity index (χ4n) is 20.1. The molecule has 0 atom stereocenters. The molecule has 0 spiro atoms. The zero-order valence-electron chi connectivity index (χ0n) is 100. The first-order valence-electron chi connectivity index (χ1n) is 55.7. The SMILES string of the molecule is [2H]C([2H])(c1cc(-c2cccc(C(C)(C)C)c2)c(N2c3cc(-n4c5ccc(C([2H])([2H])C(C)(C)C)cc5c5cc(C([2H])([2H])C(C)(C)C)ccc54)ccc3B3c4ccc(-n5c6ccc(C([2H])([2H])C(C)(C)C)cc6c6cc(C([2H])([2H])C(C)(C)C)ccc65)cc4N(c4c(-c5cccc(C(C)(C)C)c5)cc(C([2H])([2H])C(C)(C)C)cc4-c4cccc(C(C)(C)C)c4)c4cc(C([2H])([2H])C(C)(C)C)cc2c43)c(-c2cccc(C(C)(C)C)c2)c1)C(C)(C)C. The Kier molecular flexibility index (Phi) is 19.6. The molecule has 4 nitrogen and oxygen atoms in total. The molecule has 0 saturated heterocycles. The first-order valence-corrected chi connectivity index (χ1v) is 48.7. The highest BCUT2D eigenvalue weighted by atomic mass is 15.2. The lowest BCUT2D eigenvalue weighted by Gasteiger charge is -2.46. The quantitative estimate of drug-likeness (QED) is 0.0951. The molecular formula is C129H153BN4. The minimum atomic E-state index is -2.20. The van der Waals surface area contributed by atoms with E-state index in [0.717, 1.165) is 105 Å². The minimum absolute atomic E-state index is 0.349. The van der Waals surface area contributed by atoms with Crippen molar-refractivity contribution in [2.75, 3.05) is 9.80 Å². The summed E-state index contributed by atoms with van der Waals surface area (Å²) in [4.78, 5) is 4.80. The molecule has 0 bridgehead atoms. The van der Waals surface area contributed by atoms with Gasteiger partial charge in [-0.3, -0.25) is 0 Å². The number of anilines is 6. The van der Waals surface area contributed by atoms with Crippen molar-refractivity contribution in [3.63, 3.8) is 0 Å². The van der Waals surface area contributed by atoms with Crippen LogP contribution in [0.3, 0.4) is 0 Å². The van der Waals surface area contributed by atoms with Crippen LogP contribution < -0.4 is 26.2 Å². The maximum absolute atomic E-state index is 11.4. The molecule has 15 aromatic rings. The van der Waals surface area contributed by atoms with Crippen molar-refractivity contribution in [3.8, 4) is 55.9 Å². The Bertz CT molecular complexity index is 7090. The maximum atomic E-state index is 11.4. The molecule has 0 N–H and O–H groups in total. The van der Waals surface area contributed by atoms with Gasteiger partial charge in [0, 0.05) is 97.1 Å². The van der Waals surface area contributed by atoms with Crippen molar-refractivity contribution in [1.29, 1.82) is 0 Å². The van der Waals surface area contributed by atoms with Gasteiger partial charge in [0.1, 0.15) is 0 Å². The molecule has 4 heterocycles. The topological polar surface area (TPSA) is 16.3 Å². The van der Waals surface area contributed by atoms with E-state index in [4.69, 9.17) is 0 Å². The lowest BCUT2D eigenvalue weighted by atomic mass is 9.33. The molecule has 0 amide bonds. The number of hydrogen-bond donors (Lipinski definition) is 0. The number of aromatic nitrogens is 2. The van der Waals surface area contributed by atoms with Gasteiger partial charge in [0.15, 0.2) is 0 Å². The number of hydrogen-bond acceptors (Lipinski definition) is 2. The number of benzene rings is 13. The third-order valence-electron chi connectivity index (χ3n) is 25.5. The number of nitrogens with zero attached hydrogens (tertiary/aromatic N) is 4. The summed E-state index contributed by atoms with van der Waals surface area (Å²) >= 11 is 0. The van der Waals surface area contributed by atoms with E-state index >= 15 is 0 Å². The first-order chi connectivity index (χ1) is 67.7. The Hall–Kier alpha value is -10.9. The largest absolute Gasteiger partial charge is 0.310 e. The van der Waals surface area contributed by atoms with E-state index in [9.17, 15) is 19.2 Å². The summed E-state index contributed by atoms with van der Waals surface area (Å²) in [6.45, 7) is 66.4. The Labute approximate surface area is 826 Å². The minimum Gasteiger partial charge on any atom is -0.310 e. The molecule has 692 valence electrons. The fourth-order valence-corrected chi connectivity index (χ4v) is 20.1. The zero-order chi connectivity index (χ0) is 109. The van der Waals surface area contributed by atoms with E-state index < -0.39 is 111 Å². The van der Waals surface area contributed by atoms with Crippen molar-refractivity contribution >= 4 is 101 Å². The normalized spacial score (nSPS) is 16.2. The van der Waals surface area contributed by atoms with Gasteiger partial charge in [0.2, 0.25) is 0 Å². The van der Waals surface area contributed by atoms with Gasteiger partial charge in [-0.15, -0.1) is 0 Å². The van der Waals surface area contributed by atoms with Crippen LogP contribution in [0, 0.1) is 37.9 Å². The van der Waals surface area contributed by atoms with Crippen molar-refractivity contribution in [2.45, 2.75) is 295 Å². The van der Waals surface area contributed by atoms with E-state index in [2.05, 4.69) is 272 Å². The van der Waals surface area contributed by atoms with Crippen molar-refractivity contribution in [1.82, 2.24) is 9.13 Å². The molecule has 0 aliphatic carbocycles. The molecule has 5 heteroatoms. The van der Waals surface area contributed by atoms with E-state index in [1.807, 2.05) is 218 Å². The third kappa shape index (κ3) is 19.7. The van der Waals surface area contributed by atoms with Gasteiger partial charge in [-0.25, -0.2) is 0 Å². The predicted molar refractivity (Wildman–Crippen MR) is 588 cm³/mol. The summed E-state index contributed by atoms with van der Waals surface area (Å²) in [5, 5.41) is 2.91. The lowest BCUT2D eigenvalue weighted by molar-refractivity contribution is 0.411. The van der Waals surface area contributed by atoms with Crippen LogP contribution in [0.5, 0.6) is 0 Å². The maximum Gasteiger partial charge on any atom is 0.252 e. The molecule has 2 aliphatic heterocycles. The predicted octanol–water partition coefficient (Wildman–Crippen LogP) is 34.9. The van der Waals surface area contributed by atoms with Gasteiger partial charge in [0.25, 0.3) is 6.71 Å². The second-order valence-electron chi connectivity index (χ2n) is 49.9. The summed E-state index contributed by atoms with van der Waals surface area (Å²) in [6.07, 6.45) is -13.6. The van der Waals surface area contributed by atoms with Gasteiger partial charge in [-0.1, -0.05) is 362 Å². The fraction of sp³-hybridized carbons (Fsp3) is 0.395. The van der Waals surface area contributed by atoms with E-state index in [1.165, 1.54) is 0 Å². The van der Waals surface area contributed by atoms with Crippen LogP contribution in [-0.4, -0.2) is 15.8 Å². The second-order valence-corrected chi connectivity index (χ2v) is 49.9. The Balaban J connectivity index is 1.15. The highest BCUT2D eigenvalue weighted by Gasteiger charge is 2.47. The van der Waals surface area contributed by atoms with Gasteiger partial charge < -0.3 is 18.9 Å². The van der Waals surface area contributed by atoms with E-state index in [0.29, 0.717) is 107 Å². The molecule has 13 aromatic carbocycles. The van der Waals surface area contributed by atoms with Crippen LogP contribution in [0.4, 0.5) is 34.1 Å². The molecule has 17 rings (SSSR count). The second kappa shape index (κ2) is 33.5. The smallest absolute Gasteiger partial charge is 0.252 e. The Morgan fingerprint density at radius 1 is 0.224 bits per heavy atom. The highest BCUT2D eigenvalue weighted by molar-refractivity contribution is 7.00. The number of rotatable bonds is 15. The average Bonchev–Trinajstić information content (AvgIpc) is 0.731. The standard InChI is InChI=1S/C129H153BN4/c1-119(2,3)74-81-46-54-108-102(58-81)103-59-82(75-120(4,5)6)47-55-109(103)131(108)96-50-52-106-112(72-96)133(117-98(88-38-34-42-92(68-88)126(22,23)24)62-85(78-123(13,14)15)63-99(117)89-39-35-43-93(69-89)127(25,26)27)114-66-87(80-125(19,20)21)67-115-116(114)130(106)107-53-51-97(132-110-56-48-83(76-121(7,8)9)60-104(110)105-61-84(49-57-111(105)132)77-122(10,11)12)73-113(107)134(115)118-100(90-40-36-44-94(70-90)128(28,29)30)64-86(79-124(16,17)18)65-101(118)91-41-37-45-95(71-91)129(31,32)33/h34-73H,74-80H2,1-33H3/i74D2,75D2,76D2,77D2,78D2,79D2,80D2.